The first-order valence-corrected chi connectivity index (χ1v) is 8.39. The fraction of sp³-hybridized carbons (Fsp3) is 0.250. The number of halogens is 1. The van der Waals surface area contributed by atoms with Crippen LogP contribution in [0.25, 0.3) is 0 Å². The van der Waals surface area contributed by atoms with Crippen LogP contribution in [0.1, 0.15) is 41.2 Å². The van der Waals surface area contributed by atoms with Crippen molar-refractivity contribution in [2.75, 3.05) is 11.5 Å². The Labute approximate surface area is 150 Å². The number of Topliss-reactive ketones (excluding diaryl/α,β-unsaturated/α-hetero) is 1. The van der Waals surface area contributed by atoms with Gasteiger partial charge in [-0.25, -0.2) is 9.18 Å². The molecule has 1 aliphatic rings. The van der Waals surface area contributed by atoms with E-state index in [1.807, 2.05) is 30.3 Å². The molecule has 1 atom stereocenters. The molecule has 2 aromatic rings. The molecule has 0 N–H and O–H groups in total. The monoisotopic (exact) mass is 355 g/mol. The Morgan fingerprint density at radius 1 is 1.23 bits per heavy atom. The highest BCUT2D eigenvalue weighted by atomic mass is 19.1. The first-order chi connectivity index (χ1) is 12.6. The average molecular weight is 355 g/mol. The fourth-order valence-corrected chi connectivity index (χ4v) is 2.97. The molecule has 3 rings (SSSR count). The molecule has 26 heavy (non-hydrogen) atoms. The average Bonchev–Trinajstić information content (AvgIpc) is 3.04. The van der Waals surface area contributed by atoms with Gasteiger partial charge in [0.05, 0.1) is 11.7 Å². The highest BCUT2D eigenvalue weighted by molar-refractivity contribution is 5.98. The zero-order valence-electron chi connectivity index (χ0n) is 14.1. The van der Waals surface area contributed by atoms with Crippen LogP contribution in [0.4, 0.5) is 14.9 Å². The Morgan fingerprint density at radius 2 is 2.00 bits per heavy atom. The highest BCUT2D eigenvalue weighted by Gasteiger charge is 2.37. The van der Waals surface area contributed by atoms with Gasteiger partial charge in [0, 0.05) is 18.4 Å². The van der Waals surface area contributed by atoms with Gasteiger partial charge in [0.25, 0.3) is 0 Å². The van der Waals surface area contributed by atoms with Crippen LogP contribution in [0.5, 0.6) is 0 Å². The third-order valence-electron chi connectivity index (χ3n) is 4.31. The molecule has 5 nitrogen and oxygen atoms in total. The molecule has 6 heteroatoms. The second kappa shape index (κ2) is 7.91. The summed E-state index contributed by atoms with van der Waals surface area (Å²) in [7, 11) is 0. The van der Waals surface area contributed by atoms with Crippen molar-refractivity contribution >= 4 is 23.9 Å². The predicted octanol–water partition coefficient (Wildman–Crippen LogP) is 4.08. The number of unbranched alkanes of at least 4 members (excludes halogenated alkanes) is 1. The van der Waals surface area contributed by atoms with Gasteiger partial charge in [0.2, 0.25) is 0 Å². The van der Waals surface area contributed by atoms with E-state index in [0.29, 0.717) is 18.4 Å². The van der Waals surface area contributed by atoms with Gasteiger partial charge in [-0.05, 0) is 30.2 Å². The maximum atomic E-state index is 14.4. The molecule has 134 valence electrons. The van der Waals surface area contributed by atoms with E-state index in [1.54, 1.807) is 0 Å². The van der Waals surface area contributed by atoms with Gasteiger partial charge >= 0.3 is 6.09 Å². The van der Waals surface area contributed by atoms with Crippen molar-refractivity contribution in [2.45, 2.75) is 25.3 Å². The lowest BCUT2D eigenvalue weighted by molar-refractivity contribution is -0.107. The van der Waals surface area contributed by atoms with Crippen LogP contribution >= 0.6 is 0 Å². The van der Waals surface area contributed by atoms with Crippen LogP contribution in [0, 0.1) is 5.82 Å². The van der Waals surface area contributed by atoms with Crippen LogP contribution in [0.2, 0.25) is 0 Å². The molecule has 0 aromatic heterocycles. The van der Waals surface area contributed by atoms with Gasteiger partial charge in [-0.3, -0.25) is 9.69 Å². The van der Waals surface area contributed by atoms with Gasteiger partial charge in [0.15, 0.2) is 5.78 Å². The second-order valence-corrected chi connectivity index (χ2v) is 6.02. The minimum absolute atomic E-state index is 0.0163. The number of anilines is 1. The summed E-state index contributed by atoms with van der Waals surface area (Å²) in [4.78, 5) is 36.1. The van der Waals surface area contributed by atoms with E-state index in [2.05, 4.69) is 0 Å². The van der Waals surface area contributed by atoms with Gasteiger partial charge in [-0.15, -0.1) is 0 Å². The van der Waals surface area contributed by atoms with Crippen molar-refractivity contribution in [3.63, 3.8) is 0 Å². The minimum atomic E-state index is -0.650. The fourth-order valence-electron chi connectivity index (χ4n) is 2.97. The van der Waals surface area contributed by atoms with Crippen LogP contribution in [-0.2, 0) is 9.53 Å². The van der Waals surface area contributed by atoms with E-state index in [1.165, 1.54) is 23.1 Å². The summed E-state index contributed by atoms with van der Waals surface area (Å²) >= 11 is 0. The van der Waals surface area contributed by atoms with Gasteiger partial charge in [0.1, 0.15) is 18.7 Å². The number of nitrogens with zero attached hydrogens (tertiary/aromatic N) is 1. The van der Waals surface area contributed by atoms with Crippen molar-refractivity contribution in [2.24, 2.45) is 0 Å². The first kappa shape index (κ1) is 17.8. The largest absolute Gasteiger partial charge is 0.447 e. The molecular weight excluding hydrogens is 337 g/mol. The summed E-state index contributed by atoms with van der Waals surface area (Å²) in [6.07, 6.45) is 1.04. The lowest BCUT2D eigenvalue weighted by Gasteiger charge is -2.22. The van der Waals surface area contributed by atoms with Crippen LogP contribution in [0.15, 0.2) is 48.5 Å². The van der Waals surface area contributed by atoms with E-state index in [0.717, 1.165) is 11.8 Å². The van der Waals surface area contributed by atoms with Crippen LogP contribution in [-0.4, -0.2) is 24.8 Å². The van der Waals surface area contributed by atoms with Crippen molar-refractivity contribution in [1.82, 2.24) is 0 Å². The summed E-state index contributed by atoms with van der Waals surface area (Å²) in [5, 5.41) is 0. The molecule has 0 aliphatic carbocycles. The maximum absolute atomic E-state index is 14.4. The minimum Gasteiger partial charge on any atom is -0.447 e. The molecular formula is C20H18FNO4. The Balaban J connectivity index is 1.91. The third kappa shape index (κ3) is 3.64. The first-order valence-electron chi connectivity index (χ1n) is 8.39. The molecule has 2 aromatic carbocycles. The van der Waals surface area contributed by atoms with E-state index in [9.17, 15) is 18.8 Å². The standard InChI is InChI=1S/C20H18FNO4/c21-16-10-9-15(19(24)8-4-5-11-23)12-17(16)22-18(13-26-20(22)25)14-6-2-1-3-7-14/h1-3,6-7,9-12,18H,4-5,8,13H2/t18-/m1/s1. The summed E-state index contributed by atoms with van der Waals surface area (Å²) < 4.78 is 19.6. The van der Waals surface area contributed by atoms with Gasteiger partial charge in [-0.1, -0.05) is 30.3 Å². The molecule has 1 amide bonds. The van der Waals surface area contributed by atoms with Crippen molar-refractivity contribution in [3.8, 4) is 0 Å². The topological polar surface area (TPSA) is 63.7 Å². The smallest absolute Gasteiger partial charge is 0.415 e. The number of carbonyl (C=O) groups excluding carboxylic acids is 3. The molecule has 0 bridgehead atoms. The van der Waals surface area contributed by atoms with E-state index in [4.69, 9.17) is 4.74 Å². The molecule has 0 saturated carbocycles. The summed E-state index contributed by atoms with van der Waals surface area (Å²) in [6, 6.07) is 12.7. The molecule has 0 radical (unpaired) electrons. The number of carbonyl (C=O) groups is 3. The number of rotatable bonds is 7. The van der Waals surface area contributed by atoms with E-state index in [-0.39, 0.29) is 24.5 Å². The third-order valence-corrected chi connectivity index (χ3v) is 4.31. The van der Waals surface area contributed by atoms with Crippen LogP contribution in [0.3, 0.4) is 0 Å². The number of hydrogen-bond acceptors (Lipinski definition) is 4. The van der Waals surface area contributed by atoms with E-state index >= 15 is 0 Å². The van der Waals surface area contributed by atoms with Gasteiger partial charge < -0.3 is 9.53 Å². The van der Waals surface area contributed by atoms with E-state index < -0.39 is 18.0 Å². The molecule has 1 heterocycles. The maximum Gasteiger partial charge on any atom is 0.415 e. The summed E-state index contributed by atoms with van der Waals surface area (Å²) in [6.45, 7) is 0.111. The number of benzene rings is 2. The van der Waals surface area contributed by atoms with Crippen LogP contribution < -0.4 is 4.90 Å². The Hall–Kier alpha value is -3.02. The number of ether oxygens (including phenoxy) is 1. The lowest BCUT2D eigenvalue weighted by atomic mass is 10.0. The SMILES string of the molecule is O=CCCCC(=O)c1ccc(F)c(N2C(=O)OC[C@@H]2c2ccccc2)c1. The number of aldehydes is 1. The number of amides is 1. The molecule has 1 aliphatic heterocycles. The van der Waals surface area contributed by atoms with Crippen molar-refractivity contribution in [3.05, 3.63) is 65.5 Å². The molecule has 1 saturated heterocycles. The normalized spacial score (nSPS) is 16.4. The highest BCUT2D eigenvalue weighted by Crippen LogP contribution is 2.35. The second-order valence-electron chi connectivity index (χ2n) is 6.02. The molecule has 0 spiro atoms. The zero-order chi connectivity index (χ0) is 18.5. The number of cyclic esters (lactones) is 1. The quantitative estimate of drug-likeness (QED) is 0.427. The van der Waals surface area contributed by atoms with Crippen molar-refractivity contribution < 1.29 is 23.5 Å². The molecule has 0 unspecified atom stereocenters. The zero-order valence-corrected chi connectivity index (χ0v) is 14.1. The number of hydrogen-bond donors (Lipinski definition) is 0. The predicted molar refractivity (Wildman–Crippen MR) is 93.7 cm³/mol. The number of ketones is 1. The summed E-state index contributed by atoms with van der Waals surface area (Å²) in [5.41, 5.74) is 1.14. The Kier molecular flexibility index (Phi) is 5.41. The lowest BCUT2D eigenvalue weighted by Crippen LogP contribution is -2.28. The Morgan fingerprint density at radius 3 is 2.73 bits per heavy atom. The summed E-state index contributed by atoms with van der Waals surface area (Å²) in [5.74, 6) is -0.800. The van der Waals surface area contributed by atoms with Gasteiger partial charge in [-0.2, -0.15) is 0 Å². The molecule has 1 fully saturated rings. The Bertz CT molecular complexity index is 822. The van der Waals surface area contributed by atoms with Crippen molar-refractivity contribution in [1.29, 1.82) is 0 Å².